The number of aliphatic hydroxyl groups excluding tert-OH is 1. The van der Waals surface area contributed by atoms with Gasteiger partial charge in [-0.25, -0.2) is 0 Å². The van der Waals surface area contributed by atoms with Gasteiger partial charge in [-0.05, 0) is 36.5 Å². The van der Waals surface area contributed by atoms with E-state index in [9.17, 15) is 9.90 Å². The Morgan fingerprint density at radius 3 is 2.37 bits per heavy atom. The molecule has 4 heteroatoms. The van der Waals surface area contributed by atoms with Crippen molar-refractivity contribution >= 4 is 6.29 Å². The molecule has 0 saturated heterocycles. The Labute approximate surface area is 160 Å². The average molecular weight is 366 g/mol. The van der Waals surface area contributed by atoms with Crippen molar-refractivity contribution in [3.05, 3.63) is 83.0 Å². The van der Waals surface area contributed by atoms with Crippen LogP contribution in [-0.4, -0.2) is 25.6 Å². The summed E-state index contributed by atoms with van der Waals surface area (Å²) in [5.41, 5.74) is 4.34. The Balaban J connectivity index is 2.21. The normalized spacial score (nSPS) is 10.8. The first-order valence-electron chi connectivity index (χ1n) is 8.85. The maximum atomic E-state index is 11.3. The molecule has 0 bridgehead atoms. The first-order chi connectivity index (χ1) is 13.2. The smallest absolute Gasteiger partial charge is 0.150 e. The van der Waals surface area contributed by atoms with Crippen molar-refractivity contribution in [2.24, 2.45) is 0 Å². The minimum Gasteiger partial charge on any atom is -0.496 e. The summed E-state index contributed by atoms with van der Waals surface area (Å²) < 4.78 is 11.0. The van der Waals surface area contributed by atoms with Gasteiger partial charge < -0.3 is 14.6 Å². The third-order valence-corrected chi connectivity index (χ3v) is 4.50. The molecule has 0 heterocycles. The third-order valence-electron chi connectivity index (χ3n) is 4.50. The summed E-state index contributed by atoms with van der Waals surface area (Å²) in [6.07, 6.45) is 8.64. The lowest BCUT2D eigenvalue weighted by Gasteiger charge is -2.14. The number of hydrogen-bond acceptors (Lipinski definition) is 4. The van der Waals surface area contributed by atoms with Crippen LogP contribution in [-0.2, 0) is 25.9 Å². The molecule has 0 fully saturated rings. The maximum absolute atomic E-state index is 11.3. The number of benzene rings is 2. The molecule has 142 valence electrons. The molecule has 1 N–H and O–H groups in total. The number of carbonyl (C=O) groups is 1. The van der Waals surface area contributed by atoms with Crippen LogP contribution in [0.4, 0.5) is 0 Å². The zero-order chi connectivity index (χ0) is 19.6. The summed E-state index contributed by atoms with van der Waals surface area (Å²) >= 11 is 0. The van der Waals surface area contributed by atoms with Crippen LogP contribution in [0.3, 0.4) is 0 Å². The Morgan fingerprint density at radius 1 is 0.963 bits per heavy atom. The SMILES string of the molecule is C=CCc1c(C=O)ccc(C/C=C/Cc2c(CO)cccc2OC)c1OC. The molecule has 0 atom stereocenters. The van der Waals surface area contributed by atoms with E-state index in [0.29, 0.717) is 24.8 Å². The predicted molar refractivity (Wildman–Crippen MR) is 108 cm³/mol. The Hall–Kier alpha value is -2.85. The fourth-order valence-electron chi connectivity index (χ4n) is 3.17. The van der Waals surface area contributed by atoms with E-state index in [1.54, 1.807) is 20.3 Å². The highest BCUT2D eigenvalue weighted by atomic mass is 16.5. The van der Waals surface area contributed by atoms with Crippen LogP contribution in [0.2, 0.25) is 0 Å². The first-order valence-corrected chi connectivity index (χ1v) is 8.85. The molecule has 0 aliphatic carbocycles. The van der Waals surface area contributed by atoms with E-state index in [0.717, 1.165) is 40.0 Å². The molecule has 2 rings (SSSR count). The Bertz CT molecular complexity index is 799. The van der Waals surface area contributed by atoms with E-state index >= 15 is 0 Å². The predicted octanol–water partition coefficient (Wildman–Crippen LogP) is 4.08. The first kappa shape index (κ1) is 20.5. The fourth-order valence-corrected chi connectivity index (χ4v) is 3.17. The van der Waals surface area contributed by atoms with Gasteiger partial charge in [-0.3, -0.25) is 4.79 Å². The fraction of sp³-hybridized carbons (Fsp3) is 0.261. The van der Waals surface area contributed by atoms with E-state index in [2.05, 4.69) is 18.7 Å². The van der Waals surface area contributed by atoms with Gasteiger partial charge in [-0.2, -0.15) is 0 Å². The summed E-state index contributed by atoms with van der Waals surface area (Å²) in [5, 5.41) is 9.54. The van der Waals surface area contributed by atoms with Gasteiger partial charge in [0.05, 0.1) is 20.8 Å². The molecule has 0 spiro atoms. The number of aliphatic hydroxyl groups is 1. The monoisotopic (exact) mass is 366 g/mol. The van der Waals surface area contributed by atoms with E-state index in [-0.39, 0.29) is 6.61 Å². The van der Waals surface area contributed by atoms with Crippen molar-refractivity contribution in [3.8, 4) is 11.5 Å². The Kier molecular flexibility index (Phi) is 7.83. The van der Waals surface area contributed by atoms with Gasteiger partial charge in [0.15, 0.2) is 0 Å². The number of methoxy groups -OCH3 is 2. The summed E-state index contributed by atoms with van der Waals surface area (Å²) in [5.74, 6) is 1.50. The molecule has 2 aromatic carbocycles. The molecule has 2 aromatic rings. The molecular weight excluding hydrogens is 340 g/mol. The number of ether oxygens (including phenoxy) is 2. The summed E-state index contributed by atoms with van der Waals surface area (Å²) in [6.45, 7) is 3.74. The van der Waals surface area contributed by atoms with Crippen LogP contribution in [0.15, 0.2) is 55.1 Å². The van der Waals surface area contributed by atoms with Crippen LogP contribution in [0, 0.1) is 0 Å². The third kappa shape index (κ3) is 4.86. The molecule has 0 radical (unpaired) electrons. The molecule has 4 nitrogen and oxygen atoms in total. The molecule has 0 aromatic heterocycles. The van der Waals surface area contributed by atoms with Crippen LogP contribution in [0.1, 0.15) is 32.6 Å². The van der Waals surface area contributed by atoms with E-state index < -0.39 is 0 Å². The zero-order valence-electron chi connectivity index (χ0n) is 15.9. The van der Waals surface area contributed by atoms with Crippen LogP contribution in [0.5, 0.6) is 11.5 Å². The number of carbonyl (C=O) groups excluding carboxylic acids is 1. The summed E-state index contributed by atoms with van der Waals surface area (Å²) in [6, 6.07) is 9.40. The molecule has 0 aliphatic heterocycles. The van der Waals surface area contributed by atoms with Crippen LogP contribution < -0.4 is 9.47 Å². The van der Waals surface area contributed by atoms with Crippen LogP contribution in [0.25, 0.3) is 0 Å². The lowest BCUT2D eigenvalue weighted by Crippen LogP contribution is -2.01. The quantitative estimate of drug-likeness (QED) is 0.508. The van der Waals surface area contributed by atoms with E-state index in [1.165, 1.54) is 0 Å². The second-order valence-corrected chi connectivity index (χ2v) is 6.07. The van der Waals surface area contributed by atoms with Crippen molar-refractivity contribution in [1.29, 1.82) is 0 Å². The van der Waals surface area contributed by atoms with Gasteiger partial charge in [-0.1, -0.05) is 42.5 Å². The van der Waals surface area contributed by atoms with Gasteiger partial charge in [0, 0.05) is 16.7 Å². The molecule has 0 saturated carbocycles. The highest BCUT2D eigenvalue weighted by Crippen LogP contribution is 2.28. The van der Waals surface area contributed by atoms with Crippen molar-refractivity contribution < 1.29 is 19.4 Å². The second kappa shape index (κ2) is 10.3. The van der Waals surface area contributed by atoms with Gasteiger partial charge in [0.25, 0.3) is 0 Å². The number of rotatable bonds is 10. The van der Waals surface area contributed by atoms with Crippen molar-refractivity contribution in [1.82, 2.24) is 0 Å². The van der Waals surface area contributed by atoms with E-state index in [1.807, 2.05) is 30.3 Å². The second-order valence-electron chi connectivity index (χ2n) is 6.07. The van der Waals surface area contributed by atoms with E-state index in [4.69, 9.17) is 9.47 Å². The minimum atomic E-state index is -0.0216. The molecular formula is C23H26O4. The average Bonchev–Trinajstić information content (AvgIpc) is 2.71. The maximum Gasteiger partial charge on any atom is 0.150 e. The summed E-state index contributed by atoms with van der Waals surface area (Å²) in [4.78, 5) is 11.3. The number of hydrogen-bond donors (Lipinski definition) is 1. The number of allylic oxidation sites excluding steroid dienone is 3. The highest BCUT2D eigenvalue weighted by molar-refractivity contribution is 5.79. The van der Waals surface area contributed by atoms with Gasteiger partial charge >= 0.3 is 0 Å². The standard InChI is InChI=1S/C23H26O4/c1-4-8-21-19(16-25)14-13-17(23(21)27-3)9-5-6-11-20-18(15-24)10-7-12-22(20)26-2/h4-7,10,12-14,16,24H,1,8-9,11,15H2,2-3H3/b6-5+. The van der Waals surface area contributed by atoms with Gasteiger partial charge in [0.2, 0.25) is 0 Å². The lowest BCUT2D eigenvalue weighted by atomic mass is 9.98. The molecule has 0 aliphatic rings. The van der Waals surface area contributed by atoms with Crippen molar-refractivity contribution in [2.75, 3.05) is 14.2 Å². The van der Waals surface area contributed by atoms with Gasteiger partial charge in [-0.15, -0.1) is 6.58 Å². The van der Waals surface area contributed by atoms with Crippen LogP contribution >= 0.6 is 0 Å². The van der Waals surface area contributed by atoms with Crippen molar-refractivity contribution in [3.63, 3.8) is 0 Å². The Morgan fingerprint density at radius 2 is 1.74 bits per heavy atom. The minimum absolute atomic E-state index is 0.0216. The van der Waals surface area contributed by atoms with Gasteiger partial charge in [0.1, 0.15) is 17.8 Å². The molecule has 27 heavy (non-hydrogen) atoms. The summed E-state index contributed by atoms with van der Waals surface area (Å²) in [7, 11) is 3.25. The lowest BCUT2D eigenvalue weighted by molar-refractivity contribution is 0.112. The topological polar surface area (TPSA) is 55.8 Å². The molecule has 0 unspecified atom stereocenters. The highest BCUT2D eigenvalue weighted by Gasteiger charge is 2.12. The largest absolute Gasteiger partial charge is 0.496 e. The number of aldehydes is 1. The zero-order valence-corrected chi connectivity index (χ0v) is 15.9. The molecule has 0 amide bonds. The van der Waals surface area contributed by atoms with Crippen molar-refractivity contribution in [2.45, 2.75) is 25.9 Å².